The lowest BCUT2D eigenvalue weighted by Gasteiger charge is -2.21. The van der Waals surface area contributed by atoms with Crippen LogP contribution in [0.2, 0.25) is 0 Å². The van der Waals surface area contributed by atoms with Crippen LogP contribution in [0.3, 0.4) is 0 Å². The number of carboxylic acid groups (broad SMARTS) is 3. The van der Waals surface area contributed by atoms with Crippen LogP contribution >= 0.6 is 0 Å². The van der Waals surface area contributed by atoms with Gasteiger partial charge < -0.3 is 25.4 Å². The van der Waals surface area contributed by atoms with Gasteiger partial charge in [-0.3, -0.25) is 9.59 Å². The number of benzene rings is 1. The third-order valence-corrected chi connectivity index (χ3v) is 3.49. The van der Waals surface area contributed by atoms with Crippen LogP contribution in [-0.4, -0.2) is 51.9 Å². The van der Waals surface area contributed by atoms with Gasteiger partial charge in [-0.1, -0.05) is 6.07 Å². The van der Waals surface area contributed by atoms with E-state index in [-0.39, 0.29) is 24.3 Å². The van der Waals surface area contributed by atoms with Gasteiger partial charge in [0.2, 0.25) is 0 Å². The fourth-order valence-electron chi connectivity index (χ4n) is 2.49. The first kappa shape index (κ1) is 15.8. The van der Waals surface area contributed by atoms with E-state index in [1.54, 1.807) is 6.07 Å². The number of aliphatic carboxylic acids is 2. The summed E-state index contributed by atoms with van der Waals surface area (Å²) in [7, 11) is 0. The minimum Gasteiger partial charge on any atom is -0.489 e. The van der Waals surface area contributed by atoms with Crippen LogP contribution in [0.4, 0.5) is 0 Å². The Balaban J connectivity index is 2.16. The van der Waals surface area contributed by atoms with Crippen molar-refractivity contribution in [1.29, 1.82) is 0 Å². The van der Waals surface area contributed by atoms with Gasteiger partial charge in [0.25, 0.3) is 0 Å². The highest BCUT2D eigenvalue weighted by Gasteiger charge is 2.42. The Kier molecular flexibility index (Phi) is 4.62. The highest BCUT2D eigenvalue weighted by molar-refractivity contribution is 5.88. The van der Waals surface area contributed by atoms with E-state index in [2.05, 4.69) is 5.32 Å². The molecule has 8 nitrogen and oxygen atoms in total. The van der Waals surface area contributed by atoms with Gasteiger partial charge in [-0.05, 0) is 18.2 Å². The molecule has 0 spiro atoms. The van der Waals surface area contributed by atoms with E-state index in [0.29, 0.717) is 0 Å². The third kappa shape index (κ3) is 3.53. The summed E-state index contributed by atoms with van der Waals surface area (Å²) in [5.74, 6) is -3.86. The summed E-state index contributed by atoms with van der Waals surface area (Å²) >= 11 is 0. The first-order valence-corrected chi connectivity index (χ1v) is 6.56. The Hall–Kier alpha value is -2.61. The maximum atomic E-state index is 11.1. The quantitative estimate of drug-likeness (QED) is 0.589. The molecule has 4 N–H and O–H groups in total. The second-order valence-corrected chi connectivity index (χ2v) is 4.98. The van der Waals surface area contributed by atoms with Gasteiger partial charge in [-0.25, -0.2) is 4.79 Å². The monoisotopic (exact) mass is 309 g/mol. The number of hydrogen-bond acceptors (Lipinski definition) is 5. The van der Waals surface area contributed by atoms with E-state index in [9.17, 15) is 14.4 Å². The van der Waals surface area contributed by atoms with Crippen molar-refractivity contribution in [2.75, 3.05) is 6.54 Å². The lowest BCUT2D eigenvalue weighted by atomic mass is 9.94. The Morgan fingerprint density at radius 2 is 1.95 bits per heavy atom. The van der Waals surface area contributed by atoms with Gasteiger partial charge in [0.1, 0.15) is 17.9 Å². The second kappa shape index (κ2) is 6.44. The van der Waals surface area contributed by atoms with Crippen molar-refractivity contribution in [3.63, 3.8) is 0 Å². The summed E-state index contributed by atoms with van der Waals surface area (Å²) in [6, 6.07) is 4.75. The molecule has 1 aliphatic heterocycles. The number of carboxylic acids is 3. The molecular weight excluding hydrogens is 294 g/mol. The predicted octanol–water partition coefficient (Wildman–Crippen LogP) is 0.280. The van der Waals surface area contributed by atoms with E-state index in [4.69, 9.17) is 20.1 Å². The summed E-state index contributed by atoms with van der Waals surface area (Å²) < 4.78 is 5.61. The minimum absolute atomic E-state index is 0.0352. The van der Waals surface area contributed by atoms with Gasteiger partial charge in [0, 0.05) is 12.5 Å². The number of aromatic carboxylic acids is 1. The topological polar surface area (TPSA) is 133 Å². The van der Waals surface area contributed by atoms with Crippen molar-refractivity contribution in [1.82, 2.24) is 5.32 Å². The molecule has 1 heterocycles. The first-order chi connectivity index (χ1) is 10.4. The van der Waals surface area contributed by atoms with Crippen LogP contribution in [0.5, 0.6) is 5.75 Å². The fourth-order valence-corrected chi connectivity index (χ4v) is 2.49. The molecule has 1 aliphatic rings. The number of ether oxygens (including phenoxy) is 1. The van der Waals surface area contributed by atoms with Crippen LogP contribution in [0, 0.1) is 5.92 Å². The lowest BCUT2D eigenvalue weighted by Crippen LogP contribution is -2.38. The van der Waals surface area contributed by atoms with Crippen molar-refractivity contribution in [3.05, 3.63) is 29.8 Å². The molecule has 0 amide bonds. The molecule has 0 aliphatic carbocycles. The van der Waals surface area contributed by atoms with Gasteiger partial charge >= 0.3 is 17.9 Å². The third-order valence-electron chi connectivity index (χ3n) is 3.49. The normalized spacial score (nSPS) is 23.9. The van der Waals surface area contributed by atoms with Gasteiger partial charge in [-0.2, -0.15) is 0 Å². The van der Waals surface area contributed by atoms with Crippen molar-refractivity contribution >= 4 is 17.9 Å². The molecule has 0 saturated carbocycles. The number of hydrogen-bond donors (Lipinski definition) is 4. The van der Waals surface area contributed by atoms with E-state index in [1.807, 2.05) is 0 Å². The Morgan fingerprint density at radius 3 is 2.55 bits per heavy atom. The summed E-state index contributed by atoms with van der Waals surface area (Å²) in [6.45, 7) is 0.173. The maximum absolute atomic E-state index is 11.1. The van der Waals surface area contributed by atoms with E-state index >= 15 is 0 Å². The summed E-state index contributed by atoms with van der Waals surface area (Å²) in [5, 5.41) is 29.7. The molecule has 22 heavy (non-hydrogen) atoms. The summed E-state index contributed by atoms with van der Waals surface area (Å²) in [4.78, 5) is 33.0. The van der Waals surface area contributed by atoms with Crippen molar-refractivity contribution in [2.24, 2.45) is 5.92 Å². The van der Waals surface area contributed by atoms with E-state index < -0.39 is 36.0 Å². The number of carbonyl (C=O) groups is 3. The van der Waals surface area contributed by atoms with Crippen molar-refractivity contribution in [3.8, 4) is 5.75 Å². The number of nitrogens with one attached hydrogen (secondary N) is 1. The van der Waals surface area contributed by atoms with E-state index in [0.717, 1.165) is 0 Å². The maximum Gasteiger partial charge on any atom is 0.335 e. The van der Waals surface area contributed by atoms with Crippen LogP contribution in [0.1, 0.15) is 16.8 Å². The first-order valence-electron chi connectivity index (χ1n) is 6.56. The van der Waals surface area contributed by atoms with Gasteiger partial charge in [-0.15, -0.1) is 0 Å². The molecule has 0 bridgehead atoms. The molecule has 8 heteroatoms. The zero-order chi connectivity index (χ0) is 16.3. The van der Waals surface area contributed by atoms with Crippen LogP contribution in [0.25, 0.3) is 0 Å². The molecule has 1 saturated heterocycles. The highest BCUT2D eigenvalue weighted by Crippen LogP contribution is 2.26. The standard InChI is InChI=1S/C14H15NO7/c16-11(17)5-9-10(6-15-12(9)14(20)21)22-8-3-1-2-7(4-8)13(18)19/h1-4,9-10,12,15H,5-6H2,(H,16,17)(H,18,19)(H,20,21)/t9-,10-,12-/m0/s1. The largest absolute Gasteiger partial charge is 0.489 e. The molecule has 0 unspecified atom stereocenters. The molecule has 118 valence electrons. The molecule has 0 radical (unpaired) electrons. The van der Waals surface area contributed by atoms with Gasteiger partial charge in [0.15, 0.2) is 0 Å². The highest BCUT2D eigenvalue weighted by atomic mass is 16.5. The Bertz CT molecular complexity index is 601. The average molecular weight is 309 g/mol. The van der Waals surface area contributed by atoms with Crippen LogP contribution in [0.15, 0.2) is 24.3 Å². The Morgan fingerprint density at radius 1 is 1.23 bits per heavy atom. The predicted molar refractivity (Wildman–Crippen MR) is 73.0 cm³/mol. The minimum atomic E-state index is -1.14. The SMILES string of the molecule is O=C(O)C[C@H]1[C@@H](Oc2cccc(C(=O)O)c2)CN[C@@H]1C(=O)O. The molecule has 1 fully saturated rings. The molecule has 1 aromatic carbocycles. The molecule has 1 aromatic rings. The molecule has 3 atom stereocenters. The second-order valence-electron chi connectivity index (χ2n) is 4.98. The van der Waals surface area contributed by atoms with Crippen LogP contribution < -0.4 is 10.1 Å². The molecule has 2 rings (SSSR count). The summed E-state index contributed by atoms with van der Waals surface area (Å²) in [6.07, 6.45) is -1.02. The van der Waals surface area contributed by atoms with Crippen molar-refractivity contribution in [2.45, 2.75) is 18.6 Å². The fraction of sp³-hybridized carbons (Fsp3) is 0.357. The van der Waals surface area contributed by atoms with Crippen molar-refractivity contribution < 1.29 is 34.4 Å². The Labute approximate surface area is 125 Å². The van der Waals surface area contributed by atoms with E-state index in [1.165, 1.54) is 18.2 Å². The molecular formula is C14H15NO7. The van der Waals surface area contributed by atoms with Gasteiger partial charge in [0.05, 0.1) is 12.0 Å². The number of rotatable bonds is 6. The zero-order valence-electron chi connectivity index (χ0n) is 11.4. The lowest BCUT2D eigenvalue weighted by molar-refractivity contribution is -0.142. The zero-order valence-corrected chi connectivity index (χ0v) is 11.4. The smallest absolute Gasteiger partial charge is 0.335 e. The van der Waals surface area contributed by atoms with Crippen LogP contribution in [-0.2, 0) is 9.59 Å². The molecule has 0 aromatic heterocycles. The summed E-state index contributed by atoms with van der Waals surface area (Å²) in [5.41, 5.74) is 0.0352. The average Bonchev–Trinajstić information content (AvgIpc) is 2.81.